The van der Waals surface area contributed by atoms with E-state index < -0.39 is 11.5 Å². The average Bonchev–Trinajstić information content (AvgIpc) is 2.35. The number of hydrogen-bond acceptors (Lipinski definition) is 4. The molecule has 0 radical (unpaired) electrons. The number of amides is 1. The van der Waals surface area contributed by atoms with Gasteiger partial charge in [0.15, 0.2) is 0 Å². The number of aromatic hydroxyl groups is 1. The minimum Gasteiger partial charge on any atom is -0.506 e. The minimum atomic E-state index is -1.13. The van der Waals surface area contributed by atoms with Crippen LogP contribution in [0, 0.1) is 7.14 Å². The zero-order valence-electron chi connectivity index (χ0n) is 12.0. The van der Waals surface area contributed by atoms with Crippen LogP contribution in [0.25, 0.3) is 0 Å². The van der Waals surface area contributed by atoms with Crippen molar-refractivity contribution in [2.45, 2.75) is 32.7 Å². The van der Waals surface area contributed by atoms with Gasteiger partial charge in [-0.05, 0) is 76.7 Å². The van der Waals surface area contributed by atoms with Crippen LogP contribution in [0.2, 0.25) is 0 Å². The molecule has 0 heterocycles. The number of ether oxygens (including phenoxy) is 1. The molecule has 2 N–H and O–H groups in total. The quantitative estimate of drug-likeness (QED) is 0.466. The van der Waals surface area contributed by atoms with Gasteiger partial charge in [0.25, 0.3) is 0 Å². The van der Waals surface area contributed by atoms with Gasteiger partial charge in [-0.3, -0.25) is 4.79 Å². The lowest BCUT2D eigenvalue weighted by molar-refractivity contribution is -0.152. The number of nitrogens with one attached hydrogen (secondary N) is 1. The Labute approximate surface area is 151 Å². The van der Waals surface area contributed by atoms with Gasteiger partial charge in [0.1, 0.15) is 11.3 Å². The fraction of sp³-hybridized carbons (Fsp3) is 0.429. The van der Waals surface area contributed by atoms with Crippen molar-refractivity contribution >= 4 is 57.1 Å². The normalized spacial score (nSPS) is 13.4. The van der Waals surface area contributed by atoms with E-state index in [2.05, 4.69) is 5.32 Å². The van der Waals surface area contributed by atoms with Crippen LogP contribution in [-0.2, 0) is 20.7 Å². The molecule has 1 aromatic rings. The first kappa shape index (κ1) is 18.5. The number of carbonyl (C=O) groups excluding carboxylic acids is 2. The number of halogens is 2. The average molecular weight is 517 g/mol. The molecule has 0 bridgehead atoms. The first-order valence-corrected chi connectivity index (χ1v) is 8.48. The maximum Gasteiger partial charge on any atom is 0.331 e. The van der Waals surface area contributed by atoms with Gasteiger partial charge in [0.2, 0.25) is 5.91 Å². The highest BCUT2D eigenvalue weighted by molar-refractivity contribution is 14.1. The molecule has 0 fully saturated rings. The van der Waals surface area contributed by atoms with E-state index in [1.54, 1.807) is 26.0 Å². The van der Waals surface area contributed by atoms with Crippen molar-refractivity contribution in [3.8, 4) is 5.75 Å². The zero-order valence-corrected chi connectivity index (χ0v) is 16.3. The zero-order chi connectivity index (χ0) is 16.2. The first-order valence-electron chi connectivity index (χ1n) is 6.32. The van der Waals surface area contributed by atoms with Crippen LogP contribution >= 0.6 is 45.2 Å². The SMILES string of the molecule is CCOC(=O)C(C)(Cc1cc(I)c(O)c(I)c1)NC(C)=O. The Balaban J connectivity index is 3.12. The Morgan fingerprint density at radius 3 is 2.29 bits per heavy atom. The number of phenolic OH excluding ortho intramolecular Hbond substituents is 1. The monoisotopic (exact) mass is 517 g/mol. The van der Waals surface area contributed by atoms with Crippen molar-refractivity contribution in [2.24, 2.45) is 0 Å². The summed E-state index contributed by atoms with van der Waals surface area (Å²) < 4.78 is 6.45. The highest BCUT2D eigenvalue weighted by atomic mass is 127. The molecule has 0 aliphatic rings. The van der Waals surface area contributed by atoms with E-state index in [0.29, 0.717) is 7.14 Å². The summed E-state index contributed by atoms with van der Waals surface area (Å²) in [6.45, 7) is 4.97. The fourth-order valence-electron chi connectivity index (χ4n) is 1.97. The van der Waals surface area contributed by atoms with Gasteiger partial charge in [-0.25, -0.2) is 4.79 Å². The van der Waals surface area contributed by atoms with E-state index in [1.165, 1.54) is 6.92 Å². The highest BCUT2D eigenvalue weighted by Crippen LogP contribution is 2.29. The molecule has 21 heavy (non-hydrogen) atoms. The van der Waals surface area contributed by atoms with E-state index in [-0.39, 0.29) is 24.7 Å². The van der Waals surface area contributed by atoms with Crippen LogP contribution in [0.5, 0.6) is 5.75 Å². The van der Waals surface area contributed by atoms with E-state index in [4.69, 9.17) is 4.74 Å². The van der Waals surface area contributed by atoms with Crippen molar-refractivity contribution in [1.82, 2.24) is 5.32 Å². The number of phenols is 1. The number of benzene rings is 1. The standard InChI is InChI=1S/C14H17I2NO4/c1-4-21-13(20)14(3,17-8(2)18)7-9-5-10(15)12(19)11(16)6-9/h5-6,19H,4,7H2,1-3H3,(H,17,18). The number of esters is 1. The predicted octanol–water partition coefficient (Wildman–Crippen LogP) is 2.60. The molecule has 1 aromatic carbocycles. The molecule has 1 amide bonds. The Hall–Kier alpha value is -0.580. The molecule has 1 atom stereocenters. The lowest BCUT2D eigenvalue weighted by Crippen LogP contribution is -2.54. The molecule has 0 aliphatic heterocycles. The lowest BCUT2D eigenvalue weighted by atomic mass is 9.92. The third kappa shape index (κ3) is 4.97. The molecule has 116 valence electrons. The van der Waals surface area contributed by atoms with Gasteiger partial charge in [-0.1, -0.05) is 0 Å². The highest BCUT2D eigenvalue weighted by Gasteiger charge is 2.36. The van der Waals surface area contributed by atoms with Crippen LogP contribution in [0.15, 0.2) is 12.1 Å². The molecule has 0 aromatic heterocycles. The summed E-state index contributed by atoms with van der Waals surface area (Å²) in [5.74, 6) is -0.552. The van der Waals surface area contributed by atoms with Gasteiger partial charge in [0.05, 0.1) is 13.7 Å². The fourth-order valence-corrected chi connectivity index (χ4v) is 3.87. The Morgan fingerprint density at radius 2 is 1.86 bits per heavy atom. The van der Waals surface area contributed by atoms with Crippen molar-refractivity contribution in [3.05, 3.63) is 24.8 Å². The van der Waals surface area contributed by atoms with Gasteiger partial charge in [-0.15, -0.1) is 0 Å². The minimum absolute atomic E-state index is 0.220. The van der Waals surface area contributed by atoms with E-state index in [0.717, 1.165) is 5.56 Å². The summed E-state index contributed by atoms with van der Waals surface area (Å²) in [6, 6.07) is 3.58. The molecule has 7 heteroatoms. The van der Waals surface area contributed by atoms with E-state index >= 15 is 0 Å². The van der Waals surface area contributed by atoms with Gasteiger partial charge in [0, 0.05) is 13.3 Å². The molecule has 1 unspecified atom stereocenters. The van der Waals surface area contributed by atoms with E-state index in [1.807, 2.05) is 45.2 Å². The van der Waals surface area contributed by atoms with Gasteiger partial charge < -0.3 is 15.2 Å². The molecular formula is C14H17I2NO4. The summed E-state index contributed by atoms with van der Waals surface area (Å²) in [7, 11) is 0. The second-order valence-corrected chi connectivity index (χ2v) is 7.14. The number of hydrogen-bond donors (Lipinski definition) is 2. The summed E-state index contributed by atoms with van der Waals surface area (Å²) in [5, 5.41) is 12.5. The Kier molecular flexibility index (Phi) is 6.70. The van der Waals surface area contributed by atoms with Crippen LogP contribution in [0.1, 0.15) is 26.3 Å². The van der Waals surface area contributed by atoms with Gasteiger partial charge in [-0.2, -0.15) is 0 Å². The molecule has 0 spiro atoms. The summed E-state index contributed by atoms with van der Waals surface area (Å²) in [6.07, 6.45) is 0.289. The van der Waals surface area contributed by atoms with Crippen molar-refractivity contribution in [2.75, 3.05) is 6.61 Å². The predicted molar refractivity (Wildman–Crippen MR) is 96.1 cm³/mol. The molecule has 0 saturated heterocycles. The molecule has 1 rings (SSSR count). The smallest absolute Gasteiger partial charge is 0.331 e. The topological polar surface area (TPSA) is 75.6 Å². The number of carbonyl (C=O) groups is 2. The lowest BCUT2D eigenvalue weighted by Gasteiger charge is -2.28. The van der Waals surface area contributed by atoms with Crippen LogP contribution < -0.4 is 5.32 Å². The maximum absolute atomic E-state index is 12.2. The van der Waals surface area contributed by atoms with Crippen molar-refractivity contribution in [3.63, 3.8) is 0 Å². The third-order valence-corrected chi connectivity index (χ3v) is 4.46. The molecular weight excluding hydrogens is 500 g/mol. The van der Waals surface area contributed by atoms with E-state index in [9.17, 15) is 14.7 Å². The second kappa shape index (κ2) is 7.61. The summed E-state index contributed by atoms with van der Waals surface area (Å²) >= 11 is 4.06. The maximum atomic E-state index is 12.2. The largest absolute Gasteiger partial charge is 0.506 e. The molecule has 5 nitrogen and oxygen atoms in total. The van der Waals surface area contributed by atoms with Crippen molar-refractivity contribution in [1.29, 1.82) is 0 Å². The van der Waals surface area contributed by atoms with Crippen LogP contribution in [0.4, 0.5) is 0 Å². The Bertz CT molecular complexity index is 539. The van der Waals surface area contributed by atoms with Gasteiger partial charge >= 0.3 is 5.97 Å². The van der Waals surface area contributed by atoms with Crippen LogP contribution in [-0.4, -0.2) is 29.1 Å². The number of rotatable bonds is 5. The summed E-state index contributed by atoms with van der Waals surface area (Å²) in [4.78, 5) is 23.5. The molecule has 0 aliphatic carbocycles. The van der Waals surface area contributed by atoms with Crippen molar-refractivity contribution < 1.29 is 19.4 Å². The first-order chi connectivity index (χ1) is 9.69. The summed E-state index contributed by atoms with van der Waals surface area (Å²) in [5.41, 5.74) is -0.295. The Morgan fingerprint density at radius 1 is 1.33 bits per heavy atom. The van der Waals surface area contributed by atoms with Crippen LogP contribution in [0.3, 0.4) is 0 Å². The third-order valence-electron chi connectivity index (χ3n) is 2.81. The second-order valence-electron chi connectivity index (χ2n) is 4.82. The molecule has 0 saturated carbocycles.